The second-order valence-electron chi connectivity index (χ2n) is 18.7. The Labute approximate surface area is 371 Å². The zero-order chi connectivity index (χ0) is 43.9. The zero-order valence-electron chi connectivity index (χ0n) is 40.6. The number of nitrogens with zero attached hydrogens (tertiary/aromatic N) is 1. The summed E-state index contributed by atoms with van der Waals surface area (Å²) < 4.78 is 23.6. The number of carbonyl (C=O) groups is 3. The first-order valence-corrected chi connectivity index (χ1v) is 26.1. The molecule has 1 aliphatic heterocycles. The molecule has 0 radical (unpaired) electrons. The average Bonchev–Trinajstić information content (AvgIpc) is 3.23. The summed E-state index contributed by atoms with van der Waals surface area (Å²) in [6.45, 7) is 14.0. The highest BCUT2D eigenvalue weighted by molar-refractivity contribution is 5.74. The van der Waals surface area contributed by atoms with Crippen LogP contribution in [0.25, 0.3) is 0 Å². The monoisotopic (exact) mass is 850 g/mol. The van der Waals surface area contributed by atoms with Crippen LogP contribution in [0.1, 0.15) is 253 Å². The molecule has 0 aromatic rings. The van der Waals surface area contributed by atoms with Gasteiger partial charge in [0.2, 0.25) is 0 Å². The summed E-state index contributed by atoms with van der Waals surface area (Å²) in [5, 5.41) is 0. The summed E-state index contributed by atoms with van der Waals surface area (Å²) in [7, 11) is 2.13. The second kappa shape index (κ2) is 40.1. The Morgan fingerprint density at radius 3 is 1.27 bits per heavy atom. The van der Waals surface area contributed by atoms with Crippen LogP contribution in [0, 0.1) is 11.8 Å². The number of rotatable bonds is 42. The van der Waals surface area contributed by atoms with Gasteiger partial charge < -0.3 is 23.8 Å². The molecule has 0 N–H and O–H groups in total. The maximum atomic E-state index is 13.2. The van der Waals surface area contributed by atoms with E-state index in [2.05, 4.69) is 39.6 Å². The van der Waals surface area contributed by atoms with Crippen LogP contribution in [-0.4, -0.2) is 74.5 Å². The largest absolute Gasteiger partial charge is 0.466 e. The molecule has 354 valence electrons. The SMILES string of the molecule is CCCCCC(CCCCC)CCOC(=O)CCCCCCCC(CCCCCCCC(=O)OCCC(CCCCC)CCCCC)OC(=O)C(C)OC1CCN(C)CC1. The third kappa shape index (κ3) is 33.0. The molecule has 8 heteroatoms. The van der Waals surface area contributed by atoms with Gasteiger partial charge in [0, 0.05) is 25.9 Å². The summed E-state index contributed by atoms with van der Waals surface area (Å²) in [6.07, 6.45) is 36.5. The molecule has 1 heterocycles. The Bertz CT molecular complexity index is 923. The fourth-order valence-electron chi connectivity index (χ4n) is 8.75. The van der Waals surface area contributed by atoms with Gasteiger partial charge in [-0.1, -0.05) is 169 Å². The van der Waals surface area contributed by atoms with Gasteiger partial charge >= 0.3 is 17.9 Å². The number of carbonyl (C=O) groups excluding carboxylic acids is 3. The van der Waals surface area contributed by atoms with E-state index < -0.39 is 6.10 Å². The number of hydrogen-bond donors (Lipinski definition) is 0. The summed E-state index contributed by atoms with van der Waals surface area (Å²) in [5.74, 6) is 1.04. The molecule has 1 saturated heterocycles. The van der Waals surface area contributed by atoms with E-state index in [9.17, 15) is 14.4 Å². The van der Waals surface area contributed by atoms with Crippen LogP contribution in [0.2, 0.25) is 0 Å². The summed E-state index contributed by atoms with van der Waals surface area (Å²) in [4.78, 5) is 40.4. The van der Waals surface area contributed by atoms with Crippen molar-refractivity contribution in [2.75, 3.05) is 33.4 Å². The Hall–Kier alpha value is -1.67. The summed E-state index contributed by atoms with van der Waals surface area (Å²) >= 11 is 0. The number of esters is 3. The predicted octanol–water partition coefficient (Wildman–Crippen LogP) is 14.3. The van der Waals surface area contributed by atoms with Crippen LogP contribution in [0.15, 0.2) is 0 Å². The van der Waals surface area contributed by atoms with Gasteiger partial charge in [-0.15, -0.1) is 0 Å². The molecular weight excluding hydrogens is 751 g/mol. The summed E-state index contributed by atoms with van der Waals surface area (Å²) in [5.41, 5.74) is 0. The lowest BCUT2D eigenvalue weighted by Gasteiger charge is -2.30. The number of ether oxygens (including phenoxy) is 4. The lowest BCUT2D eigenvalue weighted by Crippen LogP contribution is -2.38. The second-order valence-corrected chi connectivity index (χ2v) is 18.7. The standard InChI is InChI=1S/C52H99NO7/c1-7-11-21-29-46(30-22-12-8-2)39-43-57-50(54)35-27-19-15-17-25-33-48(60-52(56)45(5)59-49-37-41-53(6)42-38-49)34-26-18-16-20-28-36-51(55)58-44-40-47(31-23-13-9-3)32-24-14-10-4/h45-49H,7-44H2,1-6H3. The van der Waals surface area contributed by atoms with Gasteiger partial charge in [0.05, 0.1) is 19.3 Å². The molecule has 60 heavy (non-hydrogen) atoms. The Morgan fingerprint density at radius 2 is 0.867 bits per heavy atom. The van der Waals surface area contributed by atoms with Crippen LogP contribution >= 0.6 is 0 Å². The van der Waals surface area contributed by atoms with E-state index in [4.69, 9.17) is 18.9 Å². The van der Waals surface area contributed by atoms with Gasteiger partial charge in [0.25, 0.3) is 0 Å². The zero-order valence-corrected chi connectivity index (χ0v) is 40.6. The third-order valence-corrected chi connectivity index (χ3v) is 12.9. The molecule has 1 unspecified atom stereocenters. The lowest BCUT2D eigenvalue weighted by molar-refractivity contribution is -0.167. The topological polar surface area (TPSA) is 91.4 Å². The van der Waals surface area contributed by atoms with Crippen molar-refractivity contribution in [2.24, 2.45) is 11.8 Å². The maximum Gasteiger partial charge on any atom is 0.335 e. The van der Waals surface area contributed by atoms with Crippen molar-refractivity contribution >= 4 is 17.9 Å². The van der Waals surface area contributed by atoms with Crippen molar-refractivity contribution < 1.29 is 33.3 Å². The number of piperidine rings is 1. The van der Waals surface area contributed by atoms with E-state index in [1.54, 1.807) is 0 Å². The smallest absolute Gasteiger partial charge is 0.335 e. The molecule has 1 aliphatic rings. The van der Waals surface area contributed by atoms with E-state index in [0.29, 0.717) is 37.9 Å². The van der Waals surface area contributed by atoms with E-state index in [1.165, 1.54) is 103 Å². The molecule has 0 aromatic heterocycles. The molecule has 1 fully saturated rings. The van der Waals surface area contributed by atoms with Crippen molar-refractivity contribution in [2.45, 2.75) is 271 Å². The van der Waals surface area contributed by atoms with Crippen molar-refractivity contribution in [1.29, 1.82) is 0 Å². The first-order chi connectivity index (χ1) is 29.2. The van der Waals surface area contributed by atoms with Crippen molar-refractivity contribution in [1.82, 2.24) is 4.90 Å². The van der Waals surface area contributed by atoms with Gasteiger partial charge in [-0.2, -0.15) is 0 Å². The molecule has 0 aromatic carbocycles. The van der Waals surface area contributed by atoms with Crippen molar-refractivity contribution in [3.8, 4) is 0 Å². The van der Waals surface area contributed by atoms with E-state index >= 15 is 0 Å². The minimum atomic E-state index is -0.554. The van der Waals surface area contributed by atoms with E-state index in [-0.39, 0.29) is 30.1 Å². The van der Waals surface area contributed by atoms with Crippen LogP contribution in [0.5, 0.6) is 0 Å². The van der Waals surface area contributed by atoms with E-state index in [0.717, 1.165) is 116 Å². The molecule has 8 nitrogen and oxygen atoms in total. The predicted molar refractivity (Wildman–Crippen MR) is 250 cm³/mol. The molecule has 1 rings (SSSR count). The number of unbranched alkanes of at least 4 members (excludes halogenated alkanes) is 16. The first-order valence-electron chi connectivity index (χ1n) is 26.1. The average molecular weight is 850 g/mol. The van der Waals surface area contributed by atoms with Crippen molar-refractivity contribution in [3.63, 3.8) is 0 Å². The Balaban J connectivity index is 2.39. The fraction of sp³-hybridized carbons (Fsp3) is 0.942. The van der Waals surface area contributed by atoms with Gasteiger partial charge in [-0.25, -0.2) is 4.79 Å². The normalized spacial score (nSPS) is 14.3. The molecule has 0 bridgehead atoms. The van der Waals surface area contributed by atoms with E-state index in [1.807, 2.05) is 6.92 Å². The minimum absolute atomic E-state index is 0.0472. The highest BCUT2D eigenvalue weighted by Gasteiger charge is 2.26. The Morgan fingerprint density at radius 1 is 0.500 bits per heavy atom. The molecule has 0 spiro atoms. The highest BCUT2D eigenvalue weighted by Crippen LogP contribution is 2.24. The molecule has 0 amide bonds. The highest BCUT2D eigenvalue weighted by atomic mass is 16.6. The lowest BCUT2D eigenvalue weighted by atomic mass is 9.92. The molecule has 0 saturated carbocycles. The minimum Gasteiger partial charge on any atom is -0.466 e. The fourth-order valence-corrected chi connectivity index (χ4v) is 8.75. The Kier molecular flexibility index (Phi) is 37.7. The molecule has 1 atom stereocenters. The van der Waals surface area contributed by atoms with Crippen molar-refractivity contribution in [3.05, 3.63) is 0 Å². The van der Waals surface area contributed by atoms with Crippen LogP contribution in [0.3, 0.4) is 0 Å². The number of likely N-dealkylation sites (tertiary alicyclic amines) is 1. The van der Waals surface area contributed by atoms with Crippen LogP contribution < -0.4 is 0 Å². The molecule has 0 aliphatic carbocycles. The number of hydrogen-bond acceptors (Lipinski definition) is 8. The first kappa shape index (κ1) is 56.3. The van der Waals surface area contributed by atoms with Gasteiger partial charge in [-0.3, -0.25) is 9.59 Å². The van der Waals surface area contributed by atoms with Gasteiger partial charge in [0.1, 0.15) is 6.10 Å². The maximum absolute atomic E-state index is 13.2. The van der Waals surface area contributed by atoms with Crippen LogP contribution in [0.4, 0.5) is 0 Å². The van der Waals surface area contributed by atoms with Gasteiger partial charge in [0.15, 0.2) is 6.10 Å². The quantitative estimate of drug-likeness (QED) is 0.0341. The summed E-state index contributed by atoms with van der Waals surface area (Å²) in [6, 6.07) is 0. The third-order valence-electron chi connectivity index (χ3n) is 12.9. The molecular formula is C52H99NO7. The van der Waals surface area contributed by atoms with Crippen LogP contribution in [-0.2, 0) is 33.3 Å². The van der Waals surface area contributed by atoms with Gasteiger partial charge in [-0.05, 0) is 90.0 Å².